The highest BCUT2D eigenvalue weighted by molar-refractivity contribution is 6.31. The van der Waals surface area contributed by atoms with E-state index < -0.39 is 0 Å². The molecule has 1 rings (SSSR count). The summed E-state index contributed by atoms with van der Waals surface area (Å²) in [6.45, 7) is 0. The molecule has 48 valence electrons. The van der Waals surface area contributed by atoms with E-state index in [0.717, 1.165) is 0 Å². The fourth-order valence-corrected chi connectivity index (χ4v) is 0.418. The fourth-order valence-electron chi connectivity index (χ4n) is 0.338. The molecule has 4 N–H and O–H groups in total. The molecular weight excluding hydrogens is 142 g/mol. The van der Waals surface area contributed by atoms with E-state index in [9.17, 15) is 0 Å². The first-order valence-electron chi connectivity index (χ1n) is 2.11. The lowest BCUT2D eigenvalue weighted by molar-refractivity contribution is 0.993. The van der Waals surface area contributed by atoms with Crippen LogP contribution in [0.1, 0.15) is 0 Å². The SMILES string of the molecule is Nc1nnc(Cl)c(N)n1. The maximum atomic E-state index is 5.36. The lowest BCUT2D eigenvalue weighted by Gasteiger charge is -1.92. The summed E-state index contributed by atoms with van der Waals surface area (Å²) >= 11 is 5.36. The predicted octanol–water partition coefficient (Wildman–Crippen LogP) is -0.311. The van der Waals surface area contributed by atoms with E-state index in [1.165, 1.54) is 0 Å². The van der Waals surface area contributed by atoms with Crippen molar-refractivity contribution in [1.82, 2.24) is 15.2 Å². The maximum Gasteiger partial charge on any atom is 0.242 e. The fraction of sp³-hybridized carbons (Fsp3) is 0. The third kappa shape index (κ3) is 1.17. The van der Waals surface area contributed by atoms with Crippen LogP contribution in [0.4, 0.5) is 11.8 Å². The summed E-state index contributed by atoms with van der Waals surface area (Å²) in [6.07, 6.45) is 0. The minimum absolute atomic E-state index is 0.0249. The van der Waals surface area contributed by atoms with Crippen molar-refractivity contribution in [3.63, 3.8) is 0 Å². The Balaban J connectivity index is 3.17. The van der Waals surface area contributed by atoms with Crippen LogP contribution >= 0.6 is 11.6 Å². The van der Waals surface area contributed by atoms with Gasteiger partial charge in [-0.25, -0.2) is 0 Å². The number of halogens is 1. The second-order valence-electron chi connectivity index (χ2n) is 1.35. The van der Waals surface area contributed by atoms with Crippen molar-refractivity contribution >= 4 is 23.4 Å². The molecule has 0 aliphatic rings. The van der Waals surface area contributed by atoms with Gasteiger partial charge in [0.15, 0.2) is 11.0 Å². The Morgan fingerprint density at radius 1 is 1.22 bits per heavy atom. The number of nitrogens with zero attached hydrogens (tertiary/aromatic N) is 3. The van der Waals surface area contributed by atoms with E-state index in [1.54, 1.807) is 0 Å². The first-order chi connectivity index (χ1) is 4.20. The summed E-state index contributed by atoms with van der Waals surface area (Å²) in [6, 6.07) is 0. The lowest BCUT2D eigenvalue weighted by atomic mass is 10.7. The van der Waals surface area contributed by atoms with Crippen molar-refractivity contribution in [2.75, 3.05) is 11.5 Å². The van der Waals surface area contributed by atoms with Gasteiger partial charge in [0.2, 0.25) is 5.95 Å². The van der Waals surface area contributed by atoms with Crippen LogP contribution in [-0.2, 0) is 0 Å². The molecule has 0 amide bonds. The van der Waals surface area contributed by atoms with E-state index in [-0.39, 0.29) is 16.9 Å². The molecule has 0 unspecified atom stereocenters. The topological polar surface area (TPSA) is 90.7 Å². The standard InChI is InChI=1S/C3H4ClN5/c4-1-2(5)7-3(6)9-8-1/h(H4,5,6,7,9). The molecule has 0 aliphatic heterocycles. The molecule has 0 saturated heterocycles. The second-order valence-corrected chi connectivity index (χ2v) is 1.70. The van der Waals surface area contributed by atoms with Crippen LogP contribution in [0.25, 0.3) is 0 Å². The van der Waals surface area contributed by atoms with Crippen molar-refractivity contribution < 1.29 is 0 Å². The normalized spacial score (nSPS) is 9.44. The maximum absolute atomic E-state index is 5.36. The highest BCUT2D eigenvalue weighted by atomic mass is 35.5. The number of aromatic nitrogens is 3. The lowest BCUT2D eigenvalue weighted by Crippen LogP contribution is -2.01. The number of hydrogen-bond acceptors (Lipinski definition) is 5. The van der Waals surface area contributed by atoms with Gasteiger partial charge < -0.3 is 11.5 Å². The second kappa shape index (κ2) is 2.02. The van der Waals surface area contributed by atoms with E-state index in [4.69, 9.17) is 23.1 Å². The summed E-state index contributed by atoms with van der Waals surface area (Å²) in [4.78, 5) is 3.52. The molecule has 0 bridgehead atoms. The summed E-state index contributed by atoms with van der Waals surface area (Å²) in [5.41, 5.74) is 10.3. The van der Waals surface area contributed by atoms with Crippen LogP contribution in [0.15, 0.2) is 0 Å². The molecule has 1 aromatic rings. The van der Waals surface area contributed by atoms with Crippen LogP contribution in [0, 0.1) is 0 Å². The molecule has 1 aromatic heterocycles. The average Bonchev–Trinajstić information content (AvgIpc) is 1.80. The molecule has 0 aromatic carbocycles. The Morgan fingerprint density at radius 2 is 1.89 bits per heavy atom. The minimum atomic E-state index is 0.0249. The highest BCUT2D eigenvalue weighted by Gasteiger charge is 1.97. The van der Waals surface area contributed by atoms with Gasteiger partial charge >= 0.3 is 0 Å². The van der Waals surface area contributed by atoms with Crippen molar-refractivity contribution in [2.24, 2.45) is 0 Å². The summed E-state index contributed by atoms with van der Waals surface area (Å²) in [5, 5.41) is 6.80. The Labute approximate surface area is 56.0 Å². The molecule has 9 heavy (non-hydrogen) atoms. The molecule has 0 saturated carbocycles. The van der Waals surface area contributed by atoms with Gasteiger partial charge in [-0.3, -0.25) is 0 Å². The quantitative estimate of drug-likeness (QED) is 0.523. The predicted molar refractivity (Wildman–Crippen MR) is 33.7 cm³/mol. The van der Waals surface area contributed by atoms with Crippen molar-refractivity contribution in [1.29, 1.82) is 0 Å². The Hall–Kier alpha value is -1.10. The zero-order chi connectivity index (χ0) is 6.85. The number of hydrogen-bond donors (Lipinski definition) is 2. The molecule has 0 fully saturated rings. The summed E-state index contributed by atoms with van der Waals surface area (Å²) < 4.78 is 0. The smallest absolute Gasteiger partial charge is 0.242 e. The first-order valence-corrected chi connectivity index (χ1v) is 2.49. The molecule has 0 radical (unpaired) electrons. The van der Waals surface area contributed by atoms with Crippen molar-refractivity contribution in [3.05, 3.63) is 5.15 Å². The highest BCUT2D eigenvalue weighted by Crippen LogP contribution is 2.09. The summed E-state index contributed by atoms with van der Waals surface area (Å²) in [7, 11) is 0. The third-order valence-corrected chi connectivity index (χ3v) is 0.956. The molecule has 0 atom stereocenters. The first kappa shape index (κ1) is 6.03. The van der Waals surface area contributed by atoms with Crippen LogP contribution in [-0.4, -0.2) is 15.2 Å². The van der Waals surface area contributed by atoms with E-state index in [0.29, 0.717) is 0 Å². The van der Waals surface area contributed by atoms with Gasteiger partial charge in [0.05, 0.1) is 0 Å². The number of rotatable bonds is 0. The Bertz CT molecular complexity index is 223. The monoisotopic (exact) mass is 145 g/mol. The van der Waals surface area contributed by atoms with Crippen LogP contribution < -0.4 is 11.5 Å². The van der Waals surface area contributed by atoms with Gasteiger partial charge in [0, 0.05) is 0 Å². The Kier molecular flexibility index (Phi) is 1.35. The number of nitrogen functional groups attached to an aromatic ring is 2. The molecule has 1 heterocycles. The van der Waals surface area contributed by atoms with Crippen molar-refractivity contribution in [3.8, 4) is 0 Å². The van der Waals surface area contributed by atoms with Gasteiger partial charge in [-0.05, 0) is 0 Å². The zero-order valence-electron chi connectivity index (χ0n) is 4.37. The molecule has 0 spiro atoms. The van der Waals surface area contributed by atoms with Crippen LogP contribution in [0.5, 0.6) is 0 Å². The number of nitrogens with two attached hydrogens (primary N) is 2. The van der Waals surface area contributed by atoms with Gasteiger partial charge in [-0.1, -0.05) is 11.6 Å². The third-order valence-electron chi connectivity index (χ3n) is 0.687. The summed E-state index contributed by atoms with van der Waals surface area (Å²) in [5.74, 6) is 0.126. The number of anilines is 2. The molecule has 6 heteroatoms. The van der Waals surface area contributed by atoms with Crippen LogP contribution in [0.2, 0.25) is 5.15 Å². The molecule has 5 nitrogen and oxygen atoms in total. The Morgan fingerprint density at radius 3 is 2.33 bits per heavy atom. The van der Waals surface area contributed by atoms with E-state index in [2.05, 4.69) is 15.2 Å². The van der Waals surface area contributed by atoms with E-state index in [1.807, 2.05) is 0 Å². The zero-order valence-corrected chi connectivity index (χ0v) is 5.13. The van der Waals surface area contributed by atoms with Gasteiger partial charge in [-0.2, -0.15) is 4.98 Å². The molecular formula is C3H4ClN5. The largest absolute Gasteiger partial charge is 0.381 e. The minimum Gasteiger partial charge on any atom is -0.381 e. The van der Waals surface area contributed by atoms with Crippen molar-refractivity contribution in [2.45, 2.75) is 0 Å². The van der Waals surface area contributed by atoms with Gasteiger partial charge in [0.1, 0.15) is 0 Å². The molecule has 0 aliphatic carbocycles. The van der Waals surface area contributed by atoms with Gasteiger partial charge in [-0.15, -0.1) is 10.2 Å². The van der Waals surface area contributed by atoms with E-state index >= 15 is 0 Å². The van der Waals surface area contributed by atoms with Crippen LogP contribution in [0.3, 0.4) is 0 Å². The van der Waals surface area contributed by atoms with Gasteiger partial charge in [0.25, 0.3) is 0 Å². The average molecular weight is 146 g/mol.